The number of aliphatic carboxylic acids is 1. The molecule has 1 aromatic heterocycles. The normalized spacial score (nSPS) is 12.4. The zero-order chi connectivity index (χ0) is 27.7. The molecule has 37 heavy (non-hydrogen) atoms. The van der Waals surface area contributed by atoms with Crippen LogP contribution >= 0.6 is 23.5 Å². The number of phenols is 1. The second kappa shape index (κ2) is 11.3. The van der Waals surface area contributed by atoms with Gasteiger partial charge in [-0.25, -0.2) is 4.39 Å². The number of phenolic OH excluding ortho intramolecular Hbond substituents is 1. The van der Waals surface area contributed by atoms with Gasteiger partial charge in [0, 0.05) is 35.1 Å². The Morgan fingerprint density at radius 1 is 1.22 bits per heavy atom. The molecule has 3 aromatic rings. The third kappa shape index (κ3) is 6.20. The van der Waals surface area contributed by atoms with Gasteiger partial charge in [0.15, 0.2) is 0 Å². The molecular weight excluding hydrogens is 515 g/mol. The fraction of sp³-hybridized carbons (Fsp3) is 0.357. The number of rotatable bonds is 4. The Morgan fingerprint density at radius 3 is 2.41 bits per heavy atom. The molecule has 0 unspecified atom stereocenters. The largest absolute Gasteiger partial charge is 0.507 e. The first-order valence-electron chi connectivity index (χ1n) is 11.7. The molecule has 1 aliphatic heterocycles. The zero-order valence-corrected chi connectivity index (χ0v) is 23.6. The number of hydrogen-bond acceptors (Lipinski definition) is 6. The van der Waals surface area contributed by atoms with Crippen LogP contribution in [0.4, 0.5) is 10.1 Å². The lowest BCUT2D eigenvalue weighted by Crippen LogP contribution is -2.23. The van der Waals surface area contributed by atoms with Gasteiger partial charge in [0.1, 0.15) is 11.6 Å². The number of nitrogens with zero attached hydrogens (tertiary/aromatic N) is 2. The molecule has 0 bridgehead atoms. The highest BCUT2D eigenvalue weighted by Gasteiger charge is 2.32. The lowest BCUT2D eigenvalue weighted by Gasteiger charge is -2.35. The van der Waals surface area contributed by atoms with Crippen molar-refractivity contribution >= 4 is 35.2 Å². The Kier molecular flexibility index (Phi) is 8.78. The van der Waals surface area contributed by atoms with E-state index in [1.54, 1.807) is 19.2 Å². The highest BCUT2D eigenvalue weighted by atomic mass is 35.5. The van der Waals surface area contributed by atoms with Crippen LogP contribution in [0.5, 0.6) is 5.75 Å². The average Bonchev–Trinajstić information content (AvgIpc) is 2.81. The second-order valence-electron chi connectivity index (χ2n) is 9.76. The molecular formula is C28H32ClFN2O4S. The van der Waals surface area contributed by atoms with Crippen molar-refractivity contribution in [2.24, 2.45) is 0 Å². The van der Waals surface area contributed by atoms with Gasteiger partial charge in [0.25, 0.3) is 0 Å². The van der Waals surface area contributed by atoms with E-state index in [1.807, 2.05) is 45.2 Å². The van der Waals surface area contributed by atoms with Gasteiger partial charge >= 0.3 is 5.97 Å². The van der Waals surface area contributed by atoms with Crippen LogP contribution in [0.25, 0.3) is 22.4 Å². The van der Waals surface area contributed by atoms with Gasteiger partial charge in [-0.15, -0.1) is 0 Å². The molecule has 6 nitrogen and oxygen atoms in total. The van der Waals surface area contributed by atoms with E-state index in [9.17, 15) is 19.4 Å². The number of halogens is 2. The van der Waals surface area contributed by atoms with Crippen molar-refractivity contribution in [3.8, 4) is 28.1 Å². The summed E-state index contributed by atoms with van der Waals surface area (Å²) in [6.07, 6.45) is 2.91. The smallest absolute Gasteiger partial charge is 0.307 e. The van der Waals surface area contributed by atoms with E-state index in [4.69, 9.17) is 16.3 Å². The lowest BCUT2D eigenvalue weighted by atomic mass is 9.82. The predicted molar refractivity (Wildman–Crippen MR) is 149 cm³/mol. The van der Waals surface area contributed by atoms with Crippen LogP contribution in [-0.4, -0.2) is 40.1 Å². The number of hydrogen-bond donors (Lipinski definition) is 2. The van der Waals surface area contributed by atoms with Crippen LogP contribution in [0, 0.1) is 19.7 Å². The Balaban J connectivity index is 0.000000568. The zero-order valence-electron chi connectivity index (χ0n) is 22.1. The quantitative estimate of drug-likeness (QED) is 0.335. The Morgan fingerprint density at radius 2 is 1.86 bits per heavy atom. The molecule has 0 fully saturated rings. The third-order valence-corrected chi connectivity index (χ3v) is 7.21. The second-order valence-corrected chi connectivity index (χ2v) is 11.0. The fourth-order valence-electron chi connectivity index (χ4n) is 4.32. The van der Waals surface area contributed by atoms with Crippen LogP contribution in [0.3, 0.4) is 0 Å². The first kappa shape index (κ1) is 28.8. The summed E-state index contributed by atoms with van der Waals surface area (Å²) in [6, 6.07) is 6.26. The van der Waals surface area contributed by atoms with E-state index in [2.05, 4.69) is 4.98 Å². The maximum atomic E-state index is 13.9. The summed E-state index contributed by atoms with van der Waals surface area (Å²) in [5, 5.41) is 20.6. The molecule has 0 amide bonds. The molecule has 2 aromatic carbocycles. The summed E-state index contributed by atoms with van der Waals surface area (Å²) in [7, 11) is 1.71. The van der Waals surface area contributed by atoms with Crippen molar-refractivity contribution in [2.45, 2.75) is 53.2 Å². The monoisotopic (exact) mass is 546 g/mol. The summed E-state index contributed by atoms with van der Waals surface area (Å²) in [5.41, 5.74) is 6.44. The molecule has 9 heteroatoms. The van der Waals surface area contributed by atoms with Crippen LogP contribution < -0.4 is 4.31 Å². The van der Waals surface area contributed by atoms with Crippen molar-refractivity contribution in [3.63, 3.8) is 0 Å². The number of ether oxygens (including phenoxy) is 1. The van der Waals surface area contributed by atoms with Crippen molar-refractivity contribution in [1.29, 1.82) is 0 Å². The maximum Gasteiger partial charge on any atom is 0.307 e. The van der Waals surface area contributed by atoms with E-state index >= 15 is 0 Å². The average molecular weight is 547 g/mol. The molecule has 0 spiro atoms. The molecule has 2 N–H and O–H groups in total. The molecule has 1 aliphatic rings. The van der Waals surface area contributed by atoms with Gasteiger partial charge in [0.05, 0.1) is 36.1 Å². The maximum absolute atomic E-state index is 13.9. The molecule has 0 aliphatic carbocycles. The summed E-state index contributed by atoms with van der Waals surface area (Å²) in [5.74, 6) is -1.41. The van der Waals surface area contributed by atoms with Gasteiger partial charge in [0.2, 0.25) is 0 Å². The van der Waals surface area contributed by atoms with Crippen LogP contribution in [-0.2, 0) is 22.5 Å². The number of methoxy groups -OCH3 is 1. The predicted octanol–water partition coefficient (Wildman–Crippen LogP) is 7.19. The molecule has 4 rings (SSSR count). The Bertz CT molecular complexity index is 1340. The number of aromatic nitrogens is 1. The van der Waals surface area contributed by atoms with E-state index in [0.29, 0.717) is 34.0 Å². The number of fused-ring (bicyclic) bond motifs is 3. The van der Waals surface area contributed by atoms with Crippen molar-refractivity contribution in [1.82, 2.24) is 4.98 Å². The van der Waals surface area contributed by atoms with Crippen LogP contribution in [0.15, 0.2) is 30.5 Å². The summed E-state index contributed by atoms with van der Waals surface area (Å²) in [4.78, 5) is 16.1. The number of aromatic hydroxyl groups is 1. The SMILES string of the molecule is COC(C)(C)C.CSN1Cc2cc(F)cnc2-c2c(C)c(-c3ccc(Cl)cc3O)c(CC(=O)O)c(C)c21. The van der Waals surface area contributed by atoms with Gasteiger partial charge in [-0.05, 0) is 81.1 Å². The molecule has 0 atom stereocenters. The summed E-state index contributed by atoms with van der Waals surface area (Å²) in [6.45, 7) is 10.3. The van der Waals surface area contributed by atoms with Crippen molar-refractivity contribution < 1.29 is 24.1 Å². The van der Waals surface area contributed by atoms with Crippen LogP contribution in [0.1, 0.15) is 43.0 Å². The van der Waals surface area contributed by atoms with E-state index in [1.165, 1.54) is 30.3 Å². The molecule has 2 heterocycles. The Labute approximate surface area is 226 Å². The van der Waals surface area contributed by atoms with Gasteiger partial charge in [-0.1, -0.05) is 23.5 Å². The lowest BCUT2D eigenvalue weighted by molar-refractivity contribution is -0.136. The van der Waals surface area contributed by atoms with Crippen molar-refractivity contribution in [3.05, 3.63) is 63.6 Å². The topological polar surface area (TPSA) is 82.9 Å². The number of anilines is 1. The van der Waals surface area contributed by atoms with Crippen LogP contribution in [0.2, 0.25) is 5.02 Å². The molecule has 0 saturated heterocycles. The minimum atomic E-state index is -0.968. The molecule has 0 radical (unpaired) electrons. The Hall–Kier alpha value is -2.81. The first-order chi connectivity index (χ1) is 17.3. The number of carbonyl (C=O) groups is 1. The minimum absolute atomic E-state index is 0.0357. The summed E-state index contributed by atoms with van der Waals surface area (Å²) < 4.78 is 20.9. The number of carboxylic acid groups (broad SMARTS) is 1. The molecule has 0 saturated carbocycles. The van der Waals surface area contributed by atoms with Gasteiger partial charge in [-0.3, -0.25) is 9.78 Å². The summed E-state index contributed by atoms with van der Waals surface area (Å²) >= 11 is 7.51. The van der Waals surface area contributed by atoms with E-state index in [0.717, 1.165) is 27.9 Å². The standard InChI is InChI=1S/C23H20ClFN2O3S.C5H12O/c1-11-17(8-19(29)30)20(16-5-4-14(24)7-18(16)28)12(2)21-22-13(6-15(25)9-26-22)10-27(31-3)23(11)21;1-5(2,3)6-4/h4-7,9,28H,8,10H2,1-3H3,(H,29,30);1-4H3. The fourth-order valence-corrected chi connectivity index (χ4v) is 5.16. The first-order valence-corrected chi connectivity index (χ1v) is 13.2. The third-order valence-electron chi connectivity index (χ3n) is 6.22. The van der Waals surface area contributed by atoms with Crippen molar-refractivity contribution in [2.75, 3.05) is 17.7 Å². The number of benzene rings is 2. The highest BCUT2D eigenvalue weighted by molar-refractivity contribution is 7.99. The van der Waals surface area contributed by atoms with E-state index in [-0.39, 0.29) is 17.8 Å². The highest BCUT2D eigenvalue weighted by Crippen LogP contribution is 2.50. The molecule has 198 valence electrons. The minimum Gasteiger partial charge on any atom is -0.507 e. The van der Waals surface area contributed by atoms with E-state index < -0.39 is 11.8 Å². The van der Waals surface area contributed by atoms with Gasteiger partial charge < -0.3 is 19.3 Å². The number of pyridine rings is 1. The number of carboxylic acids is 1. The van der Waals surface area contributed by atoms with Gasteiger partial charge in [-0.2, -0.15) is 0 Å².